The number of ether oxygens (including phenoxy) is 3. The van der Waals surface area contributed by atoms with E-state index in [-0.39, 0.29) is 12.0 Å². The first-order valence-electron chi connectivity index (χ1n) is 7.55. The van der Waals surface area contributed by atoms with Crippen molar-refractivity contribution in [2.45, 2.75) is 32.3 Å². The van der Waals surface area contributed by atoms with Crippen molar-refractivity contribution in [3.05, 3.63) is 22.2 Å². The molecule has 0 bridgehead atoms. The zero-order valence-corrected chi connectivity index (χ0v) is 14.6. The number of hydrogen-bond acceptors (Lipinski definition) is 4. The lowest BCUT2D eigenvalue weighted by Crippen LogP contribution is -2.27. The van der Waals surface area contributed by atoms with Crippen LogP contribution in [0.2, 0.25) is 0 Å². The highest BCUT2D eigenvalue weighted by Gasteiger charge is 2.17. The predicted octanol–water partition coefficient (Wildman–Crippen LogP) is 3.16. The molecule has 1 N–H and O–H groups in total. The number of methoxy groups -OCH3 is 1. The SMILES string of the molecule is CCOc1c(Br)cc(C(=O)NCCC2CCCO2)cc1OC. The Kier molecular flexibility index (Phi) is 6.51. The van der Waals surface area contributed by atoms with Crippen molar-refractivity contribution in [1.82, 2.24) is 5.32 Å². The number of carbonyl (C=O) groups excluding carboxylic acids is 1. The summed E-state index contributed by atoms with van der Waals surface area (Å²) in [7, 11) is 1.56. The first kappa shape index (κ1) is 17.1. The summed E-state index contributed by atoms with van der Waals surface area (Å²) in [5.41, 5.74) is 0.541. The van der Waals surface area contributed by atoms with Gasteiger partial charge in [0.05, 0.1) is 24.3 Å². The maximum absolute atomic E-state index is 12.2. The van der Waals surface area contributed by atoms with Gasteiger partial charge in [-0.3, -0.25) is 4.79 Å². The van der Waals surface area contributed by atoms with E-state index in [1.54, 1.807) is 19.2 Å². The molecule has 5 nitrogen and oxygen atoms in total. The van der Waals surface area contributed by atoms with Crippen molar-refractivity contribution in [2.75, 3.05) is 26.9 Å². The standard InChI is InChI=1S/C16H22BrNO4/c1-3-21-15-13(17)9-11(10-14(15)20-2)16(19)18-7-6-12-5-4-8-22-12/h9-10,12H,3-8H2,1-2H3,(H,18,19). The van der Waals surface area contributed by atoms with Crippen LogP contribution in [-0.4, -0.2) is 38.9 Å². The van der Waals surface area contributed by atoms with Gasteiger partial charge in [-0.05, 0) is 54.2 Å². The summed E-state index contributed by atoms with van der Waals surface area (Å²) in [6.07, 6.45) is 3.32. The zero-order chi connectivity index (χ0) is 15.9. The molecular weight excluding hydrogens is 350 g/mol. The zero-order valence-electron chi connectivity index (χ0n) is 13.0. The second kappa shape index (κ2) is 8.39. The van der Waals surface area contributed by atoms with E-state index in [1.807, 2.05) is 6.92 Å². The second-order valence-corrected chi connectivity index (χ2v) is 5.96. The number of benzene rings is 1. The highest BCUT2D eigenvalue weighted by molar-refractivity contribution is 9.10. The van der Waals surface area contributed by atoms with Gasteiger partial charge in [-0.15, -0.1) is 0 Å². The summed E-state index contributed by atoms with van der Waals surface area (Å²) in [5.74, 6) is 1.03. The van der Waals surface area contributed by atoms with Crippen LogP contribution < -0.4 is 14.8 Å². The van der Waals surface area contributed by atoms with Gasteiger partial charge < -0.3 is 19.5 Å². The largest absolute Gasteiger partial charge is 0.493 e. The minimum absolute atomic E-state index is 0.125. The summed E-state index contributed by atoms with van der Waals surface area (Å²) < 4.78 is 17.1. The van der Waals surface area contributed by atoms with Crippen molar-refractivity contribution in [1.29, 1.82) is 0 Å². The van der Waals surface area contributed by atoms with Crippen LogP contribution in [-0.2, 0) is 4.74 Å². The van der Waals surface area contributed by atoms with Crippen LogP contribution in [0.15, 0.2) is 16.6 Å². The molecule has 1 aliphatic rings. The number of halogens is 1. The van der Waals surface area contributed by atoms with E-state index in [0.717, 1.165) is 25.9 Å². The molecule has 1 aliphatic heterocycles. The first-order valence-corrected chi connectivity index (χ1v) is 8.35. The van der Waals surface area contributed by atoms with E-state index in [4.69, 9.17) is 14.2 Å². The fourth-order valence-corrected chi connectivity index (χ4v) is 3.01. The average molecular weight is 372 g/mol. The quantitative estimate of drug-likeness (QED) is 0.799. The van der Waals surface area contributed by atoms with Gasteiger partial charge in [0, 0.05) is 18.7 Å². The van der Waals surface area contributed by atoms with Crippen molar-refractivity contribution in [3.8, 4) is 11.5 Å². The number of amides is 1. The van der Waals surface area contributed by atoms with E-state index in [0.29, 0.717) is 34.7 Å². The molecule has 0 aromatic heterocycles. The molecule has 0 spiro atoms. The maximum Gasteiger partial charge on any atom is 0.251 e. The minimum atomic E-state index is -0.125. The van der Waals surface area contributed by atoms with Gasteiger partial charge in [0.15, 0.2) is 11.5 Å². The molecule has 1 fully saturated rings. The Morgan fingerprint density at radius 3 is 2.95 bits per heavy atom. The van der Waals surface area contributed by atoms with Crippen molar-refractivity contribution in [2.24, 2.45) is 0 Å². The third kappa shape index (κ3) is 4.36. The topological polar surface area (TPSA) is 56.8 Å². The number of hydrogen-bond donors (Lipinski definition) is 1. The maximum atomic E-state index is 12.2. The molecule has 1 aromatic rings. The summed E-state index contributed by atoms with van der Waals surface area (Å²) >= 11 is 3.43. The summed E-state index contributed by atoms with van der Waals surface area (Å²) in [5, 5.41) is 2.92. The van der Waals surface area contributed by atoms with E-state index in [9.17, 15) is 4.79 Å². The lowest BCUT2D eigenvalue weighted by Gasteiger charge is -2.14. The van der Waals surface area contributed by atoms with Gasteiger partial charge in [0.1, 0.15) is 0 Å². The molecule has 1 saturated heterocycles. The molecule has 6 heteroatoms. The first-order chi connectivity index (χ1) is 10.7. The Hall–Kier alpha value is -1.27. The molecule has 0 aliphatic carbocycles. The minimum Gasteiger partial charge on any atom is -0.493 e. The Morgan fingerprint density at radius 2 is 2.32 bits per heavy atom. The molecule has 1 amide bonds. The predicted molar refractivity (Wildman–Crippen MR) is 87.8 cm³/mol. The molecule has 0 radical (unpaired) electrons. The van der Waals surface area contributed by atoms with Gasteiger partial charge in [-0.25, -0.2) is 0 Å². The normalized spacial score (nSPS) is 17.3. The summed E-state index contributed by atoms with van der Waals surface area (Å²) in [6, 6.07) is 3.44. The monoisotopic (exact) mass is 371 g/mol. The number of rotatable bonds is 7. The highest BCUT2D eigenvalue weighted by atomic mass is 79.9. The lowest BCUT2D eigenvalue weighted by atomic mass is 10.1. The Labute approximate surface area is 139 Å². The van der Waals surface area contributed by atoms with Crippen LogP contribution in [0.3, 0.4) is 0 Å². The Morgan fingerprint density at radius 1 is 1.50 bits per heavy atom. The summed E-state index contributed by atoms with van der Waals surface area (Å²) in [6.45, 7) is 3.87. The van der Waals surface area contributed by atoms with E-state index < -0.39 is 0 Å². The van der Waals surface area contributed by atoms with Crippen molar-refractivity contribution >= 4 is 21.8 Å². The molecule has 1 aromatic carbocycles. The summed E-state index contributed by atoms with van der Waals surface area (Å²) in [4.78, 5) is 12.2. The molecule has 122 valence electrons. The number of carbonyl (C=O) groups is 1. The van der Waals surface area contributed by atoms with Crippen LogP contribution in [0.1, 0.15) is 36.5 Å². The van der Waals surface area contributed by atoms with Gasteiger partial charge in [-0.2, -0.15) is 0 Å². The highest BCUT2D eigenvalue weighted by Crippen LogP contribution is 2.36. The average Bonchev–Trinajstić information content (AvgIpc) is 3.02. The third-order valence-corrected chi connectivity index (χ3v) is 4.15. The van der Waals surface area contributed by atoms with Crippen LogP contribution in [0.25, 0.3) is 0 Å². The van der Waals surface area contributed by atoms with Gasteiger partial charge in [0.2, 0.25) is 0 Å². The van der Waals surface area contributed by atoms with Gasteiger partial charge >= 0.3 is 0 Å². The second-order valence-electron chi connectivity index (χ2n) is 5.10. The molecule has 1 atom stereocenters. The van der Waals surface area contributed by atoms with Crippen LogP contribution in [0, 0.1) is 0 Å². The van der Waals surface area contributed by atoms with E-state index in [2.05, 4.69) is 21.2 Å². The van der Waals surface area contributed by atoms with Crippen molar-refractivity contribution in [3.63, 3.8) is 0 Å². The fraction of sp³-hybridized carbons (Fsp3) is 0.562. The van der Waals surface area contributed by atoms with E-state index >= 15 is 0 Å². The van der Waals surface area contributed by atoms with Gasteiger partial charge in [-0.1, -0.05) is 0 Å². The molecule has 1 heterocycles. The fourth-order valence-electron chi connectivity index (χ4n) is 2.46. The molecule has 22 heavy (non-hydrogen) atoms. The molecular formula is C16H22BrNO4. The lowest BCUT2D eigenvalue weighted by molar-refractivity contribution is 0.0907. The van der Waals surface area contributed by atoms with Crippen molar-refractivity contribution < 1.29 is 19.0 Å². The molecule has 0 saturated carbocycles. The van der Waals surface area contributed by atoms with E-state index in [1.165, 1.54) is 0 Å². The number of nitrogens with one attached hydrogen (secondary N) is 1. The molecule has 2 rings (SSSR count). The Bertz CT molecular complexity index is 515. The molecule has 1 unspecified atom stereocenters. The third-order valence-electron chi connectivity index (χ3n) is 3.56. The van der Waals surface area contributed by atoms with Crippen LogP contribution in [0.5, 0.6) is 11.5 Å². The van der Waals surface area contributed by atoms with Gasteiger partial charge in [0.25, 0.3) is 5.91 Å². The van der Waals surface area contributed by atoms with Crippen LogP contribution >= 0.6 is 15.9 Å². The Balaban J connectivity index is 1.97. The smallest absolute Gasteiger partial charge is 0.251 e. The van der Waals surface area contributed by atoms with Crippen LogP contribution in [0.4, 0.5) is 0 Å².